The zero-order valence-corrected chi connectivity index (χ0v) is 12.8. The molecule has 1 aliphatic heterocycles. The van der Waals surface area contributed by atoms with Crippen LogP contribution in [-0.2, 0) is 14.3 Å². The van der Waals surface area contributed by atoms with Gasteiger partial charge in [-0.05, 0) is 37.1 Å². The Morgan fingerprint density at radius 1 is 1.23 bits per heavy atom. The highest BCUT2D eigenvalue weighted by Crippen LogP contribution is 2.24. The lowest BCUT2D eigenvalue weighted by Gasteiger charge is -2.23. The van der Waals surface area contributed by atoms with Gasteiger partial charge >= 0.3 is 5.97 Å². The molecule has 1 amide bonds. The Kier molecular flexibility index (Phi) is 5.77. The van der Waals surface area contributed by atoms with Crippen molar-refractivity contribution in [1.82, 2.24) is 0 Å². The van der Waals surface area contributed by atoms with Gasteiger partial charge < -0.3 is 19.6 Å². The molecule has 1 heterocycles. The summed E-state index contributed by atoms with van der Waals surface area (Å²) in [7, 11) is 1.45. The van der Waals surface area contributed by atoms with E-state index in [0.717, 1.165) is 18.8 Å². The number of hydrogen-bond donors (Lipinski definition) is 1. The third-order valence-electron chi connectivity index (χ3n) is 3.75. The highest BCUT2D eigenvalue weighted by Gasteiger charge is 2.18. The maximum atomic E-state index is 12.1. The molecule has 1 saturated heterocycles. The van der Waals surface area contributed by atoms with Crippen LogP contribution >= 0.6 is 0 Å². The number of carbonyl (C=O) groups excluding carboxylic acids is 1. The first-order valence-electron chi connectivity index (χ1n) is 7.48. The highest BCUT2D eigenvalue weighted by atomic mass is 16.5. The molecule has 6 heteroatoms. The molecule has 1 fully saturated rings. The predicted molar refractivity (Wildman–Crippen MR) is 84.4 cm³/mol. The Balaban J connectivity index is 2.11. The first-order valence-corrected chi connectivity index (χ1v) is 7.48. The summed E-state index contributed by atoms with van der Waals surface area (Å²) in [6.45, 7) is 2.20. The van der Waals surface area contributed by atoms with Gasteiger partial charge in [-0.3, -0.25) is 9.59 Å². The number of rotatable bonds is 7. The second kappa shape index (κ2) is 7.79. The smallest absolute Gasteiger partial charge is 0.305 e. The van der Waals surface area contributed by atoms with Crippen LogP contribution in [0.15, 0.2) is 24.3 Å². The molecule has 120 valence electrons. The zero-order chi connectivity index (χ0) is 15.9. The number of ether oxygens (including phenoxy) is 1. The van der Waals surface area contributed by atoms with E-state index in [9.17, 15) is 9.59 Å². The Morgan fingerprint density at radius 2 is 1.86 bits per heavy atom. The van der Waals surface area contributed by atoms with E-state index in [2.05, 4.69) is 4.90 Å². The molecule has 2 rings (SSSR count). The number of carboxylic acids is 1. The molecule has 6 nitrogen and oxygen atoms in total. The normalized spacial score (nSPS) is 14.1. The zero-order valence-electron chi connectivity index (χ0n) is 12.8. The Morgan fingerprint density at radius 3 is 2.41 bits per heavy atom. The van der Waals surface area contributed by atoms with Gasteiger partial charge in [0, 0.05) is 38.1 Å². The van der Waals surface area contributed by atoms with Gasteiger partial charge in [0.15, 0.2) is 0 Å². The molecule has 22 heavy (non-hydrogen) atoms. The van der Waals surface area contributed by atoms with E-state index in [-0.39, 0.29) is 25.5 Å². The minimum atomic E-state index is -0.927. The summed E-state index contributed by atoms with van der Waals surface area (Å²) < 4.78 is 4.87. The molecule has 1 N–H and O–H groups in total. The molecule has 1 aliphatic rings. The topological polar surface area (TPSA) is 70.1 Å². The van der Waals surface area contributed by atoms with Crippen LogP contribution in [0.4, 0.5) is 11.4 Å². The summed E-state index contributed by atoms with van der Waals surface area (Å²) in [5.74, 6) is -1.17. The van der Waals surface area contributed by atoms with Crippen molar-refractivity contribution >= 4 is 23.3 Å². The van der Waals surface area contributed by atoms with Crippen molar-refractivity contribution in [3.8, 4) is 0 Å². The van der Waals surface area contributed by atoms with Crippen molar-refractivity contribution < 1.29 is 19.4 Å². The number of anilines is 2. The van der Waals surface area contributed by atoms with Crippen LogP contribution in [0.25, 0.3) is 0 Å². The average molecular weight is 306 g/mol. The molecule has 1 aromatic carbocycles. The van der Waals surface area contributed by atoms with Gasteiger partial charge in [-0.1, -0.05) is 0 Å². The summed E-state index contributed by atoms with van der Waals surface area (Å²) in [5, 5.41) is 8.83. The van der Waals surface area contributed by atoms with E-state index in [1.165, 1.54) is 24.9 Å². The van der Waals surface area contributed by atoms with Gasteiger partial charge in [0.2, 0.25) is 0 Å². The molecule has 0 atom stereocenters. The van der Waals surface area contributed by atoms with Crippen molar-refractivity contribution in [1.29, 1.82) is 0 Å². The van der Waals surface area contributed by atoms with Crippen LogP contribution in [-0.4, -0.2) is 50.3 Å². The molecule has 0 radical (unpaired) electrons. The number of aliphatic carboxylic acids is 1. The molecular weight excluding hydrogens is 284 g/mol. The summed E-state index contributed by atoms with van der Waals surface area (Å²) in [6.07, 6.45) is 2.32. The van der Waals surface area contributed by atoms with Gasteiger partial charge in [-0.25, -0.2) is 0 Å². The molecule has 1 aromatic rings. The largest absolute Gasteiger partial charge is 0.481 e. The van der Waals surface area contributed by atoms with E-state index in [0.29, 0.717) is 5.69 Å². The maximum Gasteiger partial charge on any atom is 0.305 e. The lowest BCUT2D eigenvalue weighted by atomic mass is 10.2. The fraction of sp³-hybridized carbons (Fsp3) is 0.500. The SMILES string of the molecule is COCC(=O)N(CCC(=O)O)c1ccc(N2CCCC2)cc1. The maximum absolute atomic E-state index is 12.1. The van der Waals surface area contributed by atoms with Gasteiger partial charge in [0.1, 0.15) is 6.61 Å². The van der Waals surface area contributed by atoms with Crippen LogP contribution in [0.5, 0.6) is 0 Å². The quantitative estimate of drug-likeness (QED) is 0.831. The number of amides is 1. The number of methoxy groups -OCH3 is 1. The van der Waals surface area contributed by atoms with Gasteiger partial charge in [-0.15, -0.1) is 0 Å². The summed E-state index contributed by atoms with van der Waals surface area (Å²) >= 11 is 0. The van der Waals surface area contributed by atoms with Crippen molar-refractivity contribution in [3.63, 3.8) is 0 Å². The predicted octanol–water partition coefficient (Wildman–Crippen LogP) is 1.74. The fourth-order valence-electron chi connectivity index (χ4n) is 2.63. The van der Waals surface area contributed by atoms with Crippen LogP contribution in [0.3, 0.4) is 0 Å². The minimum Gasteiger partial charge on any atom is -0.481 e. The van der Waals surface area contributed by atoms with Crippen molar-refractivity contribution in [2.45, 2.75) is 19.3 Å². The lowest BCUT2D eigenvalue weighted by Crippen LogP contribution is -2.35. The Hall–Kier alpha value is -2.08. The lowest BCUT2D eigenvalue weighted by molar-refractivity contribution is -0.136. The molecule has 0 aromatic heterocycles. The van der Waals surface area contributed by atoms with Crippen LogP contribution in [0.1, 0.15) is 19.3 Å². The Labute approximate surface area is 130 Å². The number of hydrogen-bond acceptors (Lipinski definition) is 4. The first kappa shape index (κ1) is 16.3. The van der Waals surface area contributed by atoms with Crippen LogP contribution in [0, 0.1) is 0 Å². The number of benzene rings is 1. The summed E-state index contributed by atoms with van der Waals surface area (Å²) in [4.78, 5) is 26.6. The van der Waals surface area contributed by atoms with E-state index < -0.39 is 5.97 Å². The molecule has 0 bridgehead atoms. The van der Waals surface area contributed by atoms with E-state index in [4.69, 9.17) is 9.84 Å². The first-order chi connectivity index (χ1) is 10.6. The fourth-order valence-corrected chi connectivity index (χ4v) is 2.63. The standard InChI is InChI=1S/C16H22N2O4/c1-22-12-15(19)18(11-8-16(20)21)14-6-4-13(5-7-14)17-9-2-3-10-17/h4-7H,2-3,8-12H2,1H3,(H,20,21). The number of carboxylic acid groups (broad SMARTS) is 1. The van der Waals surface area contributed by atoms with Gasteiger partial charge in [0.25, 0.3) is 5.91 Å². The molecule has 0 spiro atoms. The van der Waals surface area contributed by atoms with Crippen LogP contribution in [0.2, 0.25) is 0 Å². The van der Waals surface area contributed by atoms with Gasteiger partial charge in [0.05, 0.1) is 6.42 Å². The van der Waals surface area contributed by atoms with Gasteiger partial charge in [-0.2, -0.15) is 0 Å². The third kappa shape index (κ3) is 4.21. The summed E-state index contributed by atoms with van der Waals surface area (Å²) in [5.41, 5.74) is 1.84. The van der Waals surface area contributed by atoms with Crippen LogP contribution < -0.4 is 9.80 Å². The van der Waals surface area contributed by atoms with E-state index in [1.807, 2.05) is 24.3 Å². The van der Waals surface area contributed by atoms with Crippen molar-refractivity contribution in [2.24, 2.45) is 0 Å². The Bertz CT molecular complexity index is 509. The van der Waals surface area contributed by atoms with Crippen molar-refractivity contribution in [2.75, 3.05) is 43.2 Å². The van der Waals surface area contributed by atoms with Crippen molar-refractivity contribution in [3.05, 3.63) is 24.3 Å². The van der Waals surface area contributed by atoms with E-state index in [1.54, 1.807) is 0 Å². The average Bonchev–Trinajstić information content (AvgIpc) is 3.02. The van der Waals surface area contributed by atoms with E-state index >= 15 is 0 Å². The summed E-state index contributed by atoms with van der Waals surface area (Å²) in [6, 6.07) is 7.69. The number of carbonyl (C=O) groups is 2. The molecular formula is C16H22N2O4. The monoisotopic (exact) mass is 306 g/mol. The molecule has 0 unspecified atom stereocenters. The second-order valence-corrected chi connectivity index (χ2v) is 5.33. The number of nitrogens with zero attached hydrogens (tertiary/aromatic N) is 2. The molecule has 0 saturated carbocycles. The minimum absolute atomic E-state index is 0.0620. The third-order valence-corrected chi connectivity index (χ3v) is 3.75. The second-order valence-electron chi connectivity index (χ2n) is 5.33. The highest BCUT2D eigenvalue weighted by molar-refractivity contribution is 5.94. The molecule has 0 aliphatic carbocycles.